The Kier molecular flexibility index (Phi) is 3.51. The molecule has 0 radical (unpaired) electrons. The van der Waals surface area contributed by atoms with Crippen LogP contribution in [0.3, 0.4) is 0 Å². The van der Waals surface area contributed by atoms with Gasteiger partial charge in [0.15, 0.2) is 0 Å². The van der Waals surface area contributed by atoms with Crippen molar-refractivity contribution in [3.05, 3.63) is 77.1 Å². The Hall–Kier alpha value is -2.31. The predicted octanol–water partition coefficient (Wildman–Crippen LogP) is 5.74. The molecule has 7 heteroatoms. The summed E-state index contributed by atoms with van der Waals surface area (Å²) in [5.74, 6) is -0.673. The van der Waals surface area contributed by atoms with Crippen LogP contribution in [-0.4, -0.2) is 6.18 Å². The van der Waals surface area contributed by atoms with Crippen LogP contribution in [-0.2, 0) is 11.6 Å². The number of rotatable bonds is 2. The van der Waals surface area contributed by atoms with Crippen LogP contribution in [0, 0.1) is 5.82 Å². The molecular weight excluding hydrogens is 337 g/mol. The summed E-state index contributed by atoms with van der Waals surface area (Å²) in [4.78, 5) is 0. The van der Waals surface area contributed by atoms with E-state index in [0.29, 0.717) is 0 Å². The minimum atomic E-state index is -4.68. The van der Waals surface area contributed by atoms with Gasteiger partial charge in [0.1, 0.15) is 11.2 Å². The Morgan fingerprint density at radius 3 is 1.71 bits per heavy atom. The summed E-state index contributed by atoms with van der Waals surface area (Å²) < 4.78 is 91.3. The van der Waals surface area contributed by atoms with Crippen molar-refractivity contribution in [2.24, 2.45) is 0 Å². The van der Waals surface area contributed by atoms with Crippen LogP contribution in [0.2, 0.25) is 0 Å². The molecule has 126 valence electrons. The van der Waals surface area contributed by atoms with Crippen LogP contribution >= 0.6 is 0 Å². The normalized spacial score (nSPS) is 20.7. The van der Waals surface area contributed by atoms with E-state index >= 15 is 0 Å². The highest BCUT2D eigenvalue weighted by atomic mass is 19.4. The molecule has 0 amide bonds. The van der Waals surface area contributed by atoms with Crippen molar-refractivity contribution >= 4 is 5.57 Å². The van der Waals surface area contributed by atoms with Crippen molar-refractivity contribution in [1.29, 1.82) is 0 Å². The van der Waals surface area contributed by atoms with Crippen LogP contribution < -0.4 is 0 Å². The van der Waals surface area contributed by atoms with Crippen molar-refractivity contribution in [3.8, 4) is 0 Å². The van der Waals surface area contributed by atoms with Crippen molar-refractivity contribution in [2.75, 3.05) is 0 Å². The standard InChI is InChI=1S/C17H9F7/c18-13-7-5-11(6-8-13)15(17(22,23)24)9-14(15)10-1-3-12(4-2-10)16(19,20)21/h1-9H. The van der Waals surface area contributed by atoms with Gasteiger partial charge in [-0.2, -0.15) is 26.3 Å². The number of hydrogen-bond acceptors (Lipinski definition) is 0. The second kappa shape index (κ2) is 5.09. The molecule has 2 aromatic rings. The first-order valence-electron chi connectivity index (χ1n) is 6.79. The molecule has 0 aromatic heterocycles. The van der Waals surface area contributed by atoms with E-state index in [0.717, 1.165) is 54.6 Å². The summed E-state index contributed by atoms with van der Waals surface area (Å²) in [6.45, 7) is 0. The highest BCUT2D eigenvalue weighted by molar-refractivity contribution is 5.92. The van der Waals surface area contributed by atoms with Crippen molar-refractivity contribution in [3.63, 3.8) is 0 Å². The zero-order valence-electron chi connectivity index (χ0n) is 11.8. The minimum Gasteiger partial charge on any atom is -0.207 e. The van der Waals surface area contributed by atoms with E-state index in [4.69, 9.17) is 0 Å². The van der Waals surface area contributed by atoms with Gasteiger partial charge in [0.25, 0.3) is 0 Å². The van der Waals surface area contributed by atoms with Crippen LogP contribution in [0.1, 0.15) is 16.7 Å². The topological polar surface area (TPSA) is 0 Å². The molecule has 0 saturated carbocycles. The summed E-state index contributed by atoms with van der Waals surface area (Å²) in [5, 5.41) is 0. The van der Waals surface area contributed by atoms with Crippen molar-refractivity contribution in [1.82, 2.24) is 0 Å². The average Bonchev–Trinajstić information content (AvgIpc) is 3.24. The molecule has 0 heterocycles. The van der Waals surface area contributed by atoms with Gasteiger partial charge < -0.3 is 0 Å². The quantitative estimate of drug-likeness (QED) is 0.608. The number of benzene rings is 2. The molecule has 0 fully saturated rings. The molecule has 1 unspecified atom stereocenters. The first-order valence-corrected chi connectivity index (χ1v) is 6.79. The monoisotopic (exact) mass is 346 g/mol. The lowest BCUT2D eigenvalue weighted by atomic mass is 9.87. The van der Waals surface area contributed by atoms with Gasteiger partial charge in [-0.1, -0.05) is 30.3 Å². The van der Waals surface area contributed by atoms with Gasteiger partial charge in [-0.3, -0.25) is 0 Å². The van der Waals surface area contributed by atoms with E-state index in [-0.39, 0.29) is 16.7 Å². The molecule has 24 heavy (non-hydrogen) atoms. The molecule has 0 saturated heterocycles. The maximum Gasteiger partial charge on any atom is 0.416 e. The fourth-order valence-corrected chi connectivity index (χ4v) is 2.68. The van der Waals surface area contributed by atoms with Gasteiger partial charge in [-0.15, -0.1) is 0 Å². The molecule has 1 aliphatic rings. The van der Waals surface area contributed by atoms with Crippen LogP contribution in [0.15, 0.2) is 54.6 Å². The van der Waals surface area contributed by atoms with Gasteiger partial charge in [0.05, 0.1) is 5.56 Å². The van der Waals surface area contributed by atoms with Crippen LogP contribution in [0.25, 0.3) is 5.57 Å². The largest absolute Gasteiger partial charge is 0.416 e. The Morgan fingerprint density at radius 2 is 1.25 bits per heavy atom. The second-order valence-corrected chi connectivity index (χ2v) is 5.45. The maximum absolute atomic E-state index is 13.6. The second-order valence-electron chi connectivity index (χ2n) is 5.45. The molecule has 0 spiro atoms. The number of halogens is 7. The predicted molar refractivity (Wildman–Crippen MR) is 73.6 cm³/mol. The zero-order chi connectivity index (χ0) is 17.8. The Bertz CT molecular complexity index is 780. The molecule has 2 aromatic carbocycles. The fourth-order valence-electron chi connectivity index (χ4n) is 2.68. The SMILES string of the molecule is Fc1ccc(C2(C(F)(F)F)C=C2c2ccc(C(F)(F)F)cc2)cc1. The molecule has 0 bridgehead atoms. The molecule has 1 atom stereocenters. The third kappa shape index (κ3) is 2.57. The molecule has 0 nitrogen and oxygen atoms in total. The summed E-state index contributed by atoms with van der Waals surface area (Å²) >= 11 is 0. The molecule has 3 rings (SSSR count). The van der Waals surface area contributed by atoms with Gasteiger partial charge in [-0.25, -0.2) is 4.39 Å². The third-order valence-electron chi connectivity index (χ3n) is 3.97. The minimum absolute atomic E-state index is 0.0460. The molecule has 1 aliphatic carbocycles. The third-order valence-corrected chi connectivity index (χ3v) is 3.97. The van der Waals surface area contributed by atoms with Gasteiger partial charge in [0.2, 0.25) is 0 Å². The van der Waals surface area contributed by atoms with Crippen LogP contribution in [0.4, 0.5) is 30.7 Å². The van der Waals surface area contributed by atoms with E-state index in [9.17, 15) is 30.7 Å². The average molecular weight is 346 g/mol. The Morgan fingerprint density at radius 1 is 0.708 bits per heavy atom. The first-order chi connectivity index (χ1) is 11.1. The highest BCUT2D eigenvalue weighted by Gasteiger charge is 2.65. The first kappa shape index (κ1) is 16.5. The molecule has 0 aliphatic heterocycles. The summed E-state index contributed by atoms with van der Waals surface area (Å²) in [6.07, 6.45) is -8.31. The lowest BCUT2D eigenvalue weighted by molar-refractivity contribution is -0.151. The van der Waals surface area contributed by atoms with Gasteiger partial charge in [-0.05, 0) is 41.0 Å². The Labute approximate surface area is 132 Å². The van der Waals surface area contributed by atoms with E-state index in [1.807, 2.05) is 0 Å². The van der Waals surface area contributed by atoms with Crippen molar-refractivity contribution in [2.45, 2.75) is 17.8 Å². The summed E-state index contributed by atoms with van der Waals surface area (Å²) in [5.41, 5.74) is -3.60. The highest BCUT2D eigenvalue weighted by Crippen LogP contribution is 2.61. The lowest BCUT2D eigenvalue weighted by Gasteiger charge is -2.23. The summed E-state index contributed by atoms with van der Waals surface area (Å²) in [7, 11) is 0. The van der Waals surface area contributed by atoms with E-state index < -0.39 is 29.1 Å². The Balaban J connectivity index is 1.98. The number of allylic oxidation sites excluding steroid dienone is 2. The van der Waals surface area contributed by atoms with E-state index in [1.165, 1.54) is 0 Å². The summed E-state index contributed by atoms with van der Waals surface area (Å²) in [6, 6.07) is 7.36. The van der Waals surface area contributed by atoms with Gasteiger partial charge in [0, 0.05) is 0 Å². The molecule has 0 N–H and O–H groups in total. The lowest BCUT2D eigenvalue weighted by Crippen LogP contribution is -2.31. The van der Waals surface area contributed by atoms with E-state index in [1.54, 1.807) is 0 Å². The zero-order valence-corrected chi connectivity index (χ0v) is 11.8. The molecular formula is C17H9F7. The maximum atomic E-state index is 13.6. The van der Waals surface area contributed by atoms with Gasteiger partial charge >= 0.3 is 12.4 Å². The van der Waals surface area contributed by atoms with Crippen molar-refractivity contribution < 1.29 is 30.7 Å². The fraction of sp³-hybridized carbons (Fsp3) is 0.176. The smallest absolute Gasteiger partial charge is 0.207 e. The number of alkyl halides is 6. The van der Waals surface area contributed by atoms with Crippen LogP contribution in [0.5, 0.6) is 0 Å². The number of hydrogen-bond donors (Lipinski definition) is 0. The van der Waals surface area contributed by atoms with E-state index in [2.05, 4.69) is 0 Å².